The third kappa shape index (κ3) is 41.6. The van der Waals surface area contributed by atoms with E-state index in [-0.39, 0.29) is 32.0 Å². The van der Waals surface area contributed by atoms with Gasteiger partial charge in [0.05, 0.1) is 13.2 Å². The number of unbranched alkanes of at least 4 members (excludes halogenated alkanes) is 20. The van der Waals surface area contributed by atoms with E-state index in [1.54, 1.807) is 7.05 Å². The molecule has 326 valence electrons. The standard InChI is InChI=1S/C46H84NO8P/c1-4-6-8-10-12-14-16-18-20-21-22-23-25-26-28-30-32-34-36-38-45(48)52-42-44(43-54-56(50,51)53-41-40-47-3)55-46(49)39-37-35-33-31-29-27-24-19-17-15-13-11-9-7-5-2/h7,9,13,15,18-20,24,44,47H,4-6,8,10-12,14,16-17,21-23,25-43H2,1-3H3,(H,50,51)/b9-7-,15-13-,20-18-,24-19-. The van der Waals surface area contributed by atoms with Gasteiger partial charge in [0.2, 0.25) is 0 Å². The van der Waals surface area contributed by atoms with E-state index in [9.17, 15) is 19.0 Å². The van der Waals surface area contributed by atoms with E-state index in [0.717, 1.165) is 70.6 Å². The van der Waals surface area contributed by atoms with Gasteiger partial charge in [0.1, 0.15) is 6.61 Å². The summed E-state index contributed by atoms with van der Waals surface area (Å²) in [6.07, 6.45) is 47.3. The Balaban J connectivity index is 4.20. The molecule has 0 fully saturated rings. The van der Waals surface area contributed by atoms with Gasteiger partial charge in [-0.15, -0.1) is 0 Å². The van der Waals surface area contributed by atoms with E-state index in [2.05, 4.69) is 67.8 Å². The Bertz CT molecular complexity index is 1060. The van der Waals surface area contributed by atoms with Crippen LogP contribution in [0.2, 0.25) is 0 Å². The van der Waals surface area contributed by atoms with Crippen molar-refractivity contribution in [3.8, 4) is 0 Å². The summed E-state index contributed by atoms with van der Waals surface area (Å²) in [6.45, 7) is 4.09. The van der Waals surface area contributed by atoms with E-state index >= 15 is 0 Å². The second-order valence-electron chi connectivity index (χ2n) is 14.8. The molecule has 0 rings (SSSR count). The van der Waals surface area contributed by atoms with Gasteiger partial charge >= 0.3 is 19.8 Å². The average molecular weight is 810 g/mol. The smallest absolute Gasteiger partial charge is 0.462 e. The molecular weight excluding hydrogens is 725 g/mol. The van der Waals surface area contributed by atoms with Crippen molar-refractivity contribution in [2.45, 2.75) is 200 Å². The minimum absolute atomic E-state index is 0.0220. The second kappa shape index (κ2) is 42.6. The maximum absolute atomic E-state index is 12.6. The van der Waals surface area contributed by atoms with Crippen LogP contribution in [0.4, 0.5) is 0 Å². The first-order valence-electron chi connectivity index (χ1n) is 22.6. The fourth-order valence-corrected chi connectivity index (χ4v) is 6.78. The zero-order chi connectivity index (χ0) is 41.1. The number of rotatable bonds is 42. The Labute approximate surface area is 343 Å². The van der Waals surface area contributed by atoms with E-state index < -0.39 is 26.5 Å². The molecule has 0 aliphatic rings. The topological polar surface area (TPSA) is 120 Å². The lowest BCUT2D eigenvalue weighted by molar-refractivity contribution is -0.161. The number of phosphoric acid groups is 1. The van der Waals surface area contributed by atoms with Gasteiger partial charge in [-0.25, -0.2) is 4.57 Å². The Hall–Kier alpha value is -2.03. The lowest BCUT2D eigenvalue weighted by Gasteiger charge is -2.20. The van der Waals surface area contributed by atoms with Crippen LogP contribution in [0.5, 0.6) is 0 Å². The number of allylic oxidation sites excluding steroid dienone is 8. The highest BCUT2D eigenvalue weighted by Crippen LogP contribution is 2.43. The Morgan fingerprint density at radius 3 is 1.54 bits per heavy atom. The summed E-state index contributed by atoms with van der Waals surface area (Å²) >= 11 is 0. The molecule has 0 aliphatic heterocycles. The van der Waals surface area contributed by atoms with Crippen LogP contribution < -0.4 is 5.32 Å². The number of ether oxygens (including phenoxy) is 2. The Morgan fingerprint density at radius 2 is 1.02 bits per heavy atom. The first kappa shape index (κ1) is 54.0. The summed E-state index contributed by atoms with van der Waals surface area (Å²) in [4.78, 5) is 35.1. The highest BCUT2D eigenvalue weighted by atomic mass is 31.2. The summed E-state index contributed by atoms with van der Waals surface area (Å²) in [7, 11) is -2.66. The summed E-state index contributed by atoms with van der Waals surface area (Å²) in [5, 5.41) is 2.82. The van der Waals surface area contributed by atoms with Crippen molar-refractivity contribution in [2.24, 2.45) is 0 Å². The molecule has 0 bridgehead atoms. The van der Waals surface area contributed by atoms with Crippen molar-refractivity contribution < 1.29 is 37.6 Å². The number of nitrogens with one attached hydrogen (secondary N) is 1. The number of carbonyl (C=O) groups is 2. The highest BCUT2D eigenvalue weighted by molar-refractivity contribution is 7.47. The van der Waals surface area contributed by atoms with Crippen LogP contribution >= 0.6 is 7.82 Å². The third-order valence-corrected chi connectivity index (χ3v) is 10.4. The number of esters is 2. The minimum atomic E-state index is -4.36. The normalized spacial score (nSPS) is 13.7. The SMILES string of the molecule is CC/C=C\C/C=C\C/C=C\CCCCCCCC(=O)OC(COC(=O)CCCCCCCCCCC/C=C\CCCCCCCC)COP(=O)(O)OCCNC. The summed E-state index contributed by atoms with van der Waals surface area (Å²) in [5.74, 6) is -0.828. The van der Waals surface area contributed by atoms with Crippen molar-refractivity contribution in [3.05, 3.63) is 48.6 Å². The van der Waals surface area contributed by atoms with Gasteiger partial charge in [-0.1, -0.05) is 159 Å². The van der Waals surface area contributed by atoms with Crippen molar-refractivity contribution >= 4 is 19.8 Å². The molecule has 0 saturated heterocycles. The third-order valence-electron chi connectivity index (χ3n) is 9.43. The maximum Gasteiger partial charge on any atom is 0.472 e. The van der Waals surface area contributed by atoms with E-state index in [1.165, 1.54) is 89.9 Å². The van der Waals surface area contributed by atoms with Crippen molar-refractivity contribution in [2.75, 3.05) is 33.4 Å². The van der Waals surface area contributed by atoms with Crippen LogP contribution in [-0.4, -0.2) is 56.3 Å². The van der Waals surface area contributed by atoms with Gasteiger partial charge in [0.25, 0.3) is 0 Å². The molecule has 10 heteroatoms. The van der Waals surface area contributed by atoms with Crippen molar-refractivity contribution in [3.63, 3.8) is 0 Å². The number of hydrogen-bond acceptors (Lipinski definition) is 8. The molecule has 56 heavy (non-hydrogen) atoms. The summed E-state index contributed by atoms with van der Waals surface area (Å²) in [6, 6.07) is 0. The predicted octanol–water partition coefficient (Wildman–Crippen LogP) is 13.0. The first-order valence-corrected chi connectivity index (χ1v) is 24.1. The van der Waals surface area contributed by atoms with Gasteiger partial charge in [-0.05, 0) is 77.7 Å². The van der Waals surface area contributed by atoms with Gasteiger partial charge in [-0.2, -0.15) is 0 Å². The van der Waals surface area contributed by atoms with Crippen LogP contribution in [0.25, 0.3) is 0 Å². The summed E-state index contributed by atoms with van der Waals surface area (Å²) < 4.78 is 33.2. The highest BCUT2D eigenvalue weighted by Gasteiger charge is 2.26. The molecule has 0 aromatic rings. The molecule has 0 aromatic heterocycles. The fourth-order valence-electron chi connectivity index (χ4n) is 6.03. The first-order chi connectivity index (χ1) is 27.3. The molecule has 0 heterocycles. The molecule has 2 unspecified atom stereocenters. The monoisotopic (exact) mass is 810 g/mol. The molecule has 0 amide bonds. The van der Waals surface area contributed by atoms with Gasteiger partial charge in [-0.3, -0.25) is 18.6 Å². The number of likely N-dealkylation sites (N-methyl/N-ethyl adjacent to an activating group) is 1. The lowest BCUT2D eigenvalue weighted by atomic mass is 10.1. The largest absolute Gasteiger partial charge is 0.472 e. The molecule has 0 radical (unpaired) electrons. The zero-order valence-corrected chi connectivity index (χ0v) is 37.0. The molecule has 9 nitrogen and oxygen atoms in total. The van der Waals surface area contributed by atoms with E-state index in [1.807, 2.05) is 0 Å². The Kier molecular flexibility index (Phi) is 41.0. The summed E-state index contributed by atoms with van der Waals surface area (Å²) in [5.41, 5.74) is 0. The molecule has 2 atom stereocenters. The van der Waals surface area contributed by atoms with Crippen LogP contribution in [0, 0.1) is 0 Å². The zero-order valence-electron chi connectivity index (χ0n) is 36.1. The molecule has 0 aromatic carbocycles. The number of carbonyl (C=O) groups excluding carboxylic acids is 2. The minimum Gasteiger partial charge on any atom is -0.462 e. The average Bonchev–Trinajstić information content (AvgIpc) is 3.18. The molecule has 0 saturated carbocycles. The molecule has 2 N–H and O–H groups in total. The molecular formula is C46H84NO8P. The maximum atomic E-state index is 12.6. The lowest BCUT2D eigenvalue weighted by Crippen LogP contribution is -2.29. The predicted molar refractivity (Wildman–Crippen MR) is 234 cm³/mol. The molecule has 0 aliphatic carbocycles. The van der Waals surface area contributed by atoms with Crippen molar-refractivity contribution in [1.82, 2.24) is 5.32 Å². The van der Waals surface area contributed by atoms with Gasteiger partial charge in [0, 0.05) is 19.4 Å². The van der Waals surface area contributed by atoms with Gasteiger partial charge in [0.15, 0.2) is 6.10 Å². The number of phosphoric ester groups is 1. The quantitative estimate of drug-likeness (QED) is 0.0269. The van der Waals surface area contributed by atoms with Gasteiger partial charge < -0.3 is 19.7 Å². The van der Waals surface area contributed by atoms with Crippen LogP contribution in [0.1, 0.15) is 194 Å². The van der Waals surface area contributed by atoms with E-state index in [4.69, 9.17) is 18.5 Å². The second-order valence-corrected chi connectivity index (χ2v) is 16.3. The van der Waals surface area contributed by atoms with E-state index in [0.29, 0.717) is 13.0 Å². The fraction of sp³-hybridized carbons (Fsp3) is 0.783. The molecule has 0 spiro atoms. The van der Waals surface area contributed by atoms with Crippen LogP contribution in [0.3, 0.4) is 0 Å². The Morgan fingerprint density at radius 1 is 0.571 bits per heavy atom. The van der Waals surface area contributed by atoms with Crippen LogP contribution in [-0.2, 0) is 32.7 Å². The number of hydrogen-bond donors (Lipinski definition) is 2. The van der Waals surface area contributed by atoms with Crippen molar-refractivity contribution in [1.29, 1.82) is 0 Å². The van der Waals surface area contributed by atoms with Crippen LogP contribution in [0.15, 0.2) is 48.6 Å².